The van der Waals surface area contributed by atoms with Gasteiger partial charge >= 0.3 is 5.97 Å². The van der Waals surface area contributed by atoms with Crippen LogP contribution in [0.25, 0.3) is 0 Å². The van der Waals surface area contributed by atoms with Crippen LogP contribution < -0.4 is 10.1 Å². The van der Waals surface area contributed by atoms with Gasteiger partial charge in [-0.15, -0.1) is 0 Å². The van der Waals surface area contributed by atoms with Crippen LogP contribution in [0.1, 0.15) is 28.8 Å². The lowest BCUT2D eigenvalue weighted by molar-refractivity contribution is -0.119. The number of hydrogen-bond donors (Lipinski definition) is 1. The predicted octanol–water partition coefficient (Wildman–Crippen LogP) is 2.58. The largest absolute Gasteiger partial charge is 0.495 e. The molecule has 3 rings (SSSR count). The van der Waals surface area contributed by atoms with Crippen LogP contribution in [0.15, 0.2) is 47.4 Å². The Labute approximate surface area is 175 Å². The Kier molecular flexibility index (Phi) is 6.73. The van der Waals surface area contributed by atoms with Gasteiger partial charge < -0.3 is 14.8 Å². The maximum Gasteiger partial charge on any atom is 0.338 e. The lowest BCUT2D eigenvalue weighted by Crippen LogP contribution is -2.28. The molecule has 0 aliphatic carbocycles. The van der Waals surface area contributed by atoms with Crippen LogP contribution in [0.3, 0.4) is 0 Å². The highest BCUT2D eigenvalue weighted by atomic mass is 32.2. The highest BCUT2D eigenvalue weighted by Crippen LogP contribution is 2.25. The van der Waals surface area contributed by atoms with Crippen molar-refractivity contribution in [1.82, 2.24) is 4.31 Å². The zero-order valence-corrected chi connectivity index (χ0v) is 17.7. The van der Waals surface area contributed by atoms with Crippen molar-refractivity contribution in [2.75, 3.05) is 32.1 Å². The van der Waals surface area contributed by atoms with Crippen molar-refractivity contribution >= 4 is 27.6 Å². The maximum atomic E-state index is 12.7. The van der Waals surface area contributed by atoms with Crippen LogP contribution in [-0.2, 0) is 19.6 Å². The zero-order valence-electron chi connectivity index (χ0n) is 16.9. The number of carbonyl (C=O) groups is 2. The molecule has 0 atom stereocenters. The van der Waals surface area contributed by atoms with Crippen LogP contribution in [0.4, 0.5) is 5.69 Å². The van der Waals surface area contributed by atoms with Gasteiger partial charge in [0.25, 0.3) is 5.91 Å². The van der Waals surface area contributed by atoms with E-state index in [1.807, 2.05) is 13.0 Å². The van der Waals surface area contributed by atoms with Crippen LogP contribution in [0, 0.1) is 6.92 Å². The van der Waals surface area contributed by atoms with Gasteiger partial charge in [-0.25, -0.2) is 13.2 Å². The Morgan fingerprint density at radius 3 is 2.53 bits per heavy atom. The summed E-state index contributed by atoms with van der Waals surface area (Å²) in [5.41, 5.74) is 1.47. The molecule has 1 aliphatic heterocycles. The van der Waals surface area contributed by atoms with Crippen molar-refractivity contribution in [3.63, 3.8) is 0 Å². The number of sulfonamides is 1. The topological polar surface area (TPSA) is 102 Å². The van der Waals surface area contributed by atoms with Gasteiger partial charge in [-0.3, -0.25) is 4.79 Å². The molecule has 1 saturated heterocycles. The van der Waals surface area contributed by atoms with E-state index in [9.17, 15) is 18.0 Å². The predicted molar refractivity (Wildman–Crippen MR) is 111 cm³/mol. The number of benzene rings is 2. The van der Waals surface area contributed by atoms with Crippen molar-refractivity contribution in [2.24, 2.45) is 0 Å². The minimum absolute atomic E-state index is 0.0350. The quantitative estimate of drug-likeness (QED) is 0.675. The third kappa shape index (κ3) is 4.98. The minimum Gasteiger partial charge on any atom is -0.495 e. The van der Waals surface area contributed by atoms with Crippen LogP contribution >= 0.6 is 0 Å². The number of methoxy groups -OCH3 is 1. The van der Waals surface area contributed by atoms with Gasteiger partial charge in [-0.2, -0.15) is 4.31 Å². The molecule has 1 aliphatic rings. The highest BCUT2D eigenvalue weighted by Gasteiger charge is 2.27. The number of carbonyl (C=O) groups excluding carboxylic acids is 2. The number of esters is 1. The van der Waals surface area contributed by atoms with Gasteiger partial charge in [0.05, 0.1) is 23.3 Å². The monoisotopic (exact) mass is 432 g/mol. The third-order valence-electron chi connectivity index (χ3n) is 4.74. The first kappa shape index (κ1) is 21.8. The molecule has 0 saturated carbocycles. The number of ether oxygens (including phenoxy) is 2. The van der Waals surface area contributed by atoms with E-state index in [0.717, 1.165) is 18.4 Å². The molecule has 9 heteroatoms. The molecule has 1 N–H and O–H groups in total. The van der Waals surface area contributed by atoms with E-state index in [-0.39, 0.29) is 10.5 Å². The van der Waals surface area contributed by atoms with E-state index in [0.29, 0.717) is 24.5 Å². The number of aryl methyl sites for hydroxylation is 1. The fraction of sp³-hybridized carbons (Fsp3) is 0.333. The summed E-state index contributed by atoms with van der Waals surface area (Å²) in [7, 11) is -2.16. The Morgan fingerprint density at radius 1 is 1.10 bits per heavy atom. The van der Waals surface area contributed by atoms with Crippen molar-refractivity contribution < 1.29 is 27.5 Å². The molecule has 2 aromatic rings. The third-order valence-corrected chi connectivity index (χ3v) is 6.63. The van der Waals surface area contributed by atoms with E-state index < -0.39 is 28.5 Å². The van der Waals surface area contributed by atoms with Gasteiger partial charge in [0.15, 0.2) is 6.61 Å². The zero-order chi connectivity index (χ0) is 21.7. The summed E-state index contributed by atoms with van der Waals surface area (Å²) in [4.78, 5) is 24.6. The van der Waals surface area contributed by atoms with Crippen molar-refractivity contribution in [3.05, 3.63) is 53.6 Å². The molecule has 160 valence electrons. The van der Waals surface area contributed by atoms with Gasteiger partial charge in [0, 0.05) is 13.1 Å². The summed E-state index contributed by atoms with van der Waals surface area (Å²) in [6.45, 7) is 2.30. The van der Waals surface area contributed by atoms with Crippen LogP contribution in [0.5, 0.6) is 5.75 Å². The summed E-state index contributed by atoms with van der Waals surface area (Å²) in [6.07, 6.45) is 1.64. The fourth-order valence-corrected chi connectivity index (χ4v) is 4.74. The second-order valence-corrected chi connectivity index (χ2v) is 8.91. The Balaban J connectivity index is 1.64. The minimum atomic E-state index is -3.65. The van der Waals surface area contributed by atoms with Crippen molar-refractivity contribution in [3.8, 4) is 5.75 Å². The first-order valence-electron chi connectivity index (χ1n) is 9.53. The average Bonchev–Trinajstić information content (AvgIpc) is 3.28. The first-order chi connectivity index (χ1) is 14.3. The van der Waals surface area contributed by atoms with Crippen molar-refractivity contribution in [1.29, 1.82) is 0 Å². The molecule has 30 heavy (non-hydrogen) atoms. The molecule has 0 radical (unpaired) electrons. The molecule has 2 aromatic carbocycles. The lowest BCUT2D eigenvalue weighted by Gasteiger charge is -2.16. The van der Waals surface area contributed by atoms with E-state index in [4.69, 9.17) is 9.47 Å². The number of hydrogen-bond acceptors (Lipinski definition) is 6. The Bertz CT molecular complexity index is 1050. The number of nitrogens with zero attached hydrogens (tertiary/aromatic N) is 1. The Hall–Kier alpha value is -2.91. The van der Waals surface area contributed by atoms with E-state index >= 15 is 0 Å². The molecule has 0 spiro atoms. The van der Waals surface area contributed by atoms with Crippen LogP contribution in [-0.4, -0.2) is 51.4 Å². The van der Waals surface area contributed by atoms with E-state index in [2.05, 4.69) is 5.32 Å². The smallest absolute Gasteiger partial charge is 0.338 e. The molecule has 1 fully saturated rings. The first-order valence-corrected chi connectivity index (χ1v) is 11.0. The van der Waals surface area contributed by atoms with Gasteiger partial charge in [0.1, 0.15) is 5.75 Å². The number of amides is 1. The van der Waals surface area contributed by atoms with E-state index in [1.54, 1.807) is 12.1 Å². The summed E-state index contributed by atoms with van der Waals surface area (Å²) >= 11 is 0. The highest BCUT2D eigenvalue weighted by molar-refractivity contribution is 7.89. The summed E-state index contributed by atoms with van der Waals surface area (Å²) in [6, 6.07) is 11.0. The second kappa shape index (κ2) is 9.27. The number of nitrogens with one attached hydrogen (secondary N) is 1. The summed E-state index contributed by atoms with van der Waals surface area (Å²) < 4.78 is 37.0. The number of rotatable bonds is 7. The summed E-state index contributed by atoms with van der Waals surface area (Å²) in [5, 5.41) is 2.64. The van der Waals surface area contributed by atoms with Gasteiger partial charge in [-0.05, 0) is 55.7 Å². The molecule has 8 nitrogen and oxygen atoms in total. The molecule has 1 heterocycles. The normalized spacial score (nSPS) is 14.3. The SMILES string of the molecule is COc1ccc(C)cc1NC(=O)COC(=O)c1cccc(S(=O)(=O)N2CCCC2)c1. The molecular formula is C21H24N2O6S. The van der Waals surface area contributed by atoms with E-state index in [1.165, 1.54) is 35.7 Å². The molecule has 1 amide bonds. The fourth-order valence-electron chi connectivity index (χ4n) is 3.18. The van der Waals surface area contributed by atoms with Gasteiger partial charge in [0.2, 0.25) is 10.0 Å². The molecule has 0 aromatic heterocycles. The number of anilines is 1. The Morgan fingerprint density at radius 2 is 1.83 bits per heavy atom. The summed E-state index contributed by atoms with van der Waals surface area (Å²) in [5.74, 6) is -0.826. The lowest BCUT2D eigenvalue weighted by atomic mass is 10.2. The van der Waals surface area contributed by atoms with Gasteiger partial charge in [-0.1, -0.05) is 12.1 Å². The molecule has 0 bridgehead atoms. The second-order valence-electron chi connectivity index (χ2n) is 6.97. The molecule has 0 unspecified atom stereocenters. The maximum absolute atomic E-state index is 12.7. The van der Waals surface area contributed by atoms with Crippen molar-refractivity contribution in [2.45, 2.75) is 24.7 Å². The average molecular weight is 432 g/mol. The molecular weight excluding hydrogens is 408 g/mol. The standard InChI is InChI=1S/C21H24N2O6S/c1-15-8-9-19(28-2)18(12-15)22-20(24)14-29-21(25)16-6-5-7-17(13-16)30(26,27)23-10-3-4-11-23/h5-9,12-13H,3-4,10-11,14H2,1-2H3,(H,22,24). The van der Waals surface area contributed by atoms with Crippen LogP contribution in [0.2, 0.25) is 0 Å².